The fourth-order valence-corrected chi connectivity index (χ4v) is 2.13. The molecule has 2 heterocycles. The fourth-order valence-electron chi connectivity index (χ4n) is 2.13. The number of rotatable bonds is 4. The SMILES string of the molecule is O=C(O)C1CCC(=O)N1CCn1ccccc1=O. The van der Waals surface area contributed by atoms with Crippen LogP contribution in [0.25, 0.3) is 0 Å². The second-order valence-corrected chi connectivity index (χ2v) is 4.21. The highest BCUT2D eigenvalue weighted by Crippen LogP contribution is 2.18. The standard InChI is InChI=1S/C12H14N2O4/c15-10-3-1-2-6-13(10)7-8-14-9(12(17)18)4-5-11(14)16/h1-3,6,9H,4-5,7-8H2,(H,17,18). The average molecular weight is 250 g/mol. The monoisotopic (exact) mass is 250 g/mol. The first-order chi connectivity index (χ1) is 8.59. The molecule has 0 saturated carbocycles. The predicted molar refractivity (Wildman–Crippen MR) is 63.1 cm³/mol. The van der Waals surface area contributed by atoms with Crippen molar-refractivity contribution in [1.82, 2.24) is 9.47 Å². The van der Waals surface area contributed by atoms with Crippen LogP contribution in [0.2, 0.25) is 0 Å². The van der Waals surface area contributed by atoms with Crippen molar-refractivity contribution in [3.63, 3.8) is 0 Å². The zero-order chi connectivity index (χ0) is 13.1. The molecule has 0 aromatic carbocycles. The molecule has 6 heteroatoms. The van der Waals surface area contributed by atoms with Crippen LogP contribution in [0.5, 0.6) is 0 Å². The van der Waals surface area contributed by atoms with Gasteiger partial charge in [0, 0.05) is 31.8 Å². The van der Waals surface area contributed by atoms with E-state index in [2.05, 4.69) is 0 Å². The Kier molecular flexibility index (Phi) is 3.45. The molecule has 1 amide bonds. The molecule has 1 fully saturated rings. The minimum absolute atomic E-state index is 0.156. The molecule has 0 aliphatic carbocycles. The summed E-state index contributed by atoms with van der Waals surface area (Å²) in [4.78, 5) is 35.3. The van der Waals surface area contributed by atoms with Crippen LogP contribution >= 0.6 is 0 Å². The third-order valence-corrected chi connectivity index (χ3v) is 3.09. The number of pyridine rings is 1. The number of aromatic nitrogens is 1. The van der Waals surface area contributed by atoms with Crippen molar-refractivity contribution in [2.24, 2.45) is 0 Å². The summed E-state index contributed by atoms with van der Waals surface area (Å²) >= 11 is 0. The van der Waals surface area contributed by atoms with Gasteiger partial charge in [0.15, 0.2) is 0 Å². The summed E-state index contributed by atoms with van der Waals surface area (Å²) in [6, 6.07) is 4.04. The molecule has 1 aromatic heterocycles. The molecule has 96 valence electrons. The van der Waals surface area contributed by atoms with Crippen molar-refractivity contribution < 1.29 is 14.7 Å². The summed E-state index contributed by atoms with van der Waals surface area (Å²) in [5, 5.41) is 8.99. The Labute approximate surface area is 103 Å². The molecule has 1 unspecified atom stereocenters. The zero-order valence-electron chi connectivity index (χ0n) is 9.78. The van der Waals surface area contributed by atoms with Gasteiger partial charge < -0.3 is 14.6 Å². The van der Waals surface area contributed by atoms with Crippen LogP contribution in [-0.4, -0.2) is 39.0 Å². The highest BCUT2D eigenvalue weighted by atomic mass is 16.4. The van der Waals surface area contributed by atoms with E-state index in [9.17, 15) is 14.4 Å². The molecule has 1 N–H and O–H groups in total. The first kappa shape index (κ1) is 12.3. The summed E-state index contributed by atoms with van der Waals surface area (Å²) in [5.41, 5.74) is -0.156. The molecule has 1 aliphatic heterocycles. The van der Waals surface area contributed by atoms with Crippen LogP contribution in [-0.2, 0) is 16.1 Å². The van der Waals surface area contributed by atoms with E-state index >= 15 is 0 Å². The van der Waals surface area contributed by atoms with E-state index in [-0.39, 0.29) is 24.4 Å². The second-order valence-electron chi connectivity index (χ2n) is 4.21. The number of carboxylic acid groups (broad SMARTS) is 1. The maximum atomic E-state index is 11.6. The fraction of sp³-hybridized carbons (Fsp3) is 0.417. The molecule has 1 aliphatic rings. The largest absolute Gasteiger partial charge is 0.480 e. The maximum absolute atomic E-state index is 11.6. The van der Waals surface area contributed by atoms with Crippen LogP contribution in [0.3, 0.4) is 0 Å². The van der Waals surface area contributed by atoms with Gasteiger partial charge in [-0.25, -0.2) is 4.79 Å². The Balaban J connectivity index is 2.05. The van der Waals surface area contributed by atoms with Crippen molar-refractivity contribution in [2.45, 2.75) is 25.4 Å². The Hall–Kier alpha value is -2.11. The molecule has 0 radical (unpaired) electrons. The van der Waals surface area contributed by atoms with Crippen LogP contribution < -0.4 is 5.56 Å². The normalized spacial score (nSPS) is 19.2. The van der Waals surface area contributed by atoms with Crippen molar-refractivity contribution in [3.05, 3.63) is 34.7 Å². The molecule has 18 heavy (non-hydrogen) atoms. The van der Waals surface area contributed by atoms with Crippen LogP contribution in [0.15, 0.2) is 29.2 Å². The summed E-state index contributed by atoms with van der Waals surface area (Å²) in [6.45, 7) is 0.564. The maximum Gasteiger partial charge on any atom is 0.326 e. The predicted octanol–water partition coefficient (Wildman–Crippen LogP) is -0.0761. The summed E-state index contributed by atoms with van der Waals surface area (Å²) < 4.78 is 1.46. The number of carboxylic acids is 1. The van der Waals surface area contributed by atoms with Crippen molar-refractivity contribution in [2.75, 3.05) is 6.54 Å². The molecule has 1 aromatic rings. The van der Waals surface area contributed by atoms with Gasteiger partial charge in [-0.15, -0.1) is 0 Å². The number of amides is 1. The Morgan fingerprint density at radius 1 is 1.33 bits per heavy atom. The van der Waals surface area contributed by atoms with Crippen LogP contribution in [0.4, 0.5) is 0 Å². The van der Waals surface area contributed by atoms with Gasteiger partial charge in [0.25, 0.3) is 5.56 Å². The van der Waals surface area contributed by atoms with Gasteiger partial charge >= 0.3 is 5.97 Å². The van der Waals surface area contributed by atoms with Gasteiger partial charge in [-0.3, -0.25) is 9.59 Å². The molecular formula is C12H14N2O4. The van der Waals surface area contributed by atoms with Gasteiger partial charge in [0.2, 0.25) is 5.91 Å². The number of hydrogen-bond donors (Lipinski definition) is 1. The average Bonchev–Trinajstić information content (AvgIpc) is 2.70. The molecule has 1 saturated heterocycles. The van der Waals surface area contributed by atoms with Gasteiger partial charge in [0.1, 0.15) is 6.04 Å². The minimum atomic E-state index is -0.985. The number of hydrogen-bond acceptors (Lipinski definition) is 3. The van der Waals surface area contributed by atoms with Crippen molar-refractivity contribution in [1.29, 1.82) is 0 Å². The second kappa shape index (κ2) is 5.03. The molecule has 6 nitrogen and oxygen atoms in total. The first-order valence-corrected chi connectivity index (χ1v) is 5.77. The number of likely N-dealkylation sites (tertiary alicyclic amines) is 1. The molecular weight excluding hydrogens is 236 g/mol. The lowest BCUT2D eigenvalue weighted by molar-refractivity contribution is -0.146. The molecule has 1 atom stereocenters. The highest BCUT2D eigenvalue weighted by Gasteiger charge is 2.35. The van der Waals surface area contributed by atoms with E-state index in [0.717, 1.165) is 0 Å². The minimum Gasteiger partial charge on any atom is -0.480 e. The summed E-state index contributed by atoms with van der Waals surface area (Å²) in [5.74, 6) is -1.15. The number of carbonyl (C=O) groups is 2. The summed E-state index contributed by atoms with van der Waals surface area (Å²) in [7, 11) is 0. The first-order valence-electron chi connectivity index (χ1n) is 5.77. The van der Waals surface area contributed by atoms with E-state index in [1.54, 1.807) is 18.3 Å². The van der Waals surface area contributed by atoms with Gasteiger partial charge in [-0.05, 0) is 12.5 Å². The number of nitrogens with zero attached hydrogens (tertiary/aromatic N) is 2. The smallest absolute Gasteiger partial charge is 0.326 e. The zero-order valence-corrected chi connectivity index (χ0v) is 9.78. The quantitative estimate of drug-likeness (QED) is 0.810. The number of aliphatic carboxylic acids is 1. The lowest BCUT2D eigenvalue weighted by Gasteiger charge is -2.21. The topological polar surface area (TPSA) is 79.6 Å². The Bertz CT molecular complexity index is 523. The van der Waals surface area contributed by atoms with E-state index in [4.69, 9.17) is 5.11 Å². The van der Waals surface area contributed by atoms with E-state index in [0.29, 0.717) is 13.0 Å². The Morgan fingerprint density at radius 3 is 2.78 bits per heavy atom. The van der Waals surface area contributed by atoms with Crippen LogP contribution in [0, 0.1) is 0 Å². The molecule has 2 rings (SSSR count). The van der Waals surface area contributed by atoms with Crippen LogP contribution in [0.1, 0.15) is 12.8 Å². The van der Waals surface area contributed by atoms with Crippen molar-refractivity contribution >= 4 is 11.9 Å². The third-order valence-electron chi connectivity index (χ3n) is 3.09. The van der Waals surface area contributed by atoms with Crippen molar-refractivity contribution in [3.8, 4) is 0 Å². The van der Waals surface area contributed by atoms with E-state index in [1.807, 2.05) is 0 Å². The summed E-state index contributed by atoms with van der Waals surface area (Å²) in [6.07, 6.45) is 2.23. The Morgan fingerprint density at radius 2 is 2.11 bits per heavy atom. The van der Waals surface area contributed by atoms with E-state index in [1.165, 1.54) is 15.5 Å². The lowest BCUT2D eigenvalue weighted by Crippen LogP contribution is -2.41. The molecule has 0 bridgehead atoms. The van der Waals surface area contributed by atoms with Gasteiger partial charge in [-0.1, -0.05) is 6.07 Å². The van der Waals surface area contributed by atoms with E-state index < -0.39 is 12.0 Å². The number of carbonyl (C=O) groups excluding carboxylic acids is 1. The van der Waals surface area contributed by atoms with Gasteiger partial charge in [-0.2, -0.15) is 0 Å². The highest BCUT2D eigenvalue weighted by molar-refractivity contribution is 5.87. The lowest BCUT2D eigenvalue weighted by atomic mass is 10.2. The van der Waals surface area contributed by atoms with Gasteiger partial charge in [0.05, 0.1) is 0 Å². The molecule has 0 spiro atoms. The third kappa shape index (κ3) is 2.42.